The maximum Gasteiger partial charge on any atom is 0.355 e. The fraction of sp³-hybridized carbons (Fsp3) is 0.389. The molecule has 1 aromatic carbocycles. The van der Waals surface area contributed by atoms with Crippen LogP contribution in [0.2, 0.25) is 0 Å². The van der Waals surface area contributed by atoms with E-state index in [0.717, 1.165) is 23.5 Å². The normalized spacial score (nSPS) is 20.5. The van der Waals surface area contributed by atoms with Crippen molar-refractivity contribution in [3.8, 4) is 11.5 Å². The number of hydrogen-bond donors (Lipinski definition) is 2. The number of benzene rings is 1. The number of carbonyl (C=O) groups is 2. The number of carboxylic acids is 1. The summed E-state index contributed by atoms with van der Waals surface area (Å²) in [5, 5.41) is 14.0. The van der Waals surface area contributed by atoms with Gasteiger partial charge >= 0.3 is 5.97 Å². The third kappa shape index (κ3) is 3.50. The SMILES string of the molecule is O=C(O)c1csc(CCNC(=O)C2CC2c2ccc3c(c2)OCCO3)n1. The van der Waals surface area contributed by atoms with Crippen molar-refractivity contribution in [2.75, 3.05) is 19.8 Å². The first-order valence-electron chi connectivity index (χ1n) is 8.47. The van der Waals surface area contributed by atoms with Crippen molar-refractivity contribution < 1.29 is 24.2 Å². The summed E-state index contributed by atoms with van der Waals surface area (Å²) in [6, 6.07) is 5.86. The molecule has 8 heteroatoms. The monoisotopic (exact) mass is 374 g/mol. The molecule has 0 spiro atoms. The summed E-state index contributed by atoms with van der Waals surface area (Å²) in [5.41, 5.74) is 1.15. The highest BCUT2D eigenvalue weighted by Gasteiger charge is 2.44. The molecule has 1 aliphatic carbocycles. The van der Waals surface area contributed by atoms with E-state index in [1.54, 1.807) is 0 Å². The Hall–Kier alpha value is -2.61. The number of ether oxygens (including phenoxy) is 2. The van der Waals surface area contributed by atoms with Crippen molar-refractivity contribution in [3.05, 3.63) is 39.8 Å². The Morgan fingerprint density at radius 2 is 2.08 bits per heavy atom. The molecule has 4 rings (SSSR count). The third-order valence-corrected chi connectivity index (χ3v) is 5.44. The van der Waals surface area contributed by atoms with E-state index in [2.05, 4.69) is 10.3 Å². The highest BCUT2D eigenvalue weighted by Crippen LogP contribution is 2.49. The number of aromatic carboxylic acids is 1. The molecular weight excluding hydrogens is 356 g/mol. The van der Waals surface area contributed by atoms with E-state index < -0.39 is 5.97 Å². The Morgan fingerprint density at radius 1 is 1.27 bits per heavy atom. The van der Waals surface area contributed by atoms with Gasteiger partial charge in [-0.25, -0.2) is 9.78 Å². The molecule has 1 saturated carbocycles. The van der Waals surface area contributed by atoms with Gasteiger partial charge in [0.25, 0.3) is 0 Å². The topological polar surface area (TPSA) is 97.8 Å². The number of amides is 1. The predicted molar refractivity (Wildman–Crippen MR) is 94.1 cm³/mol. The third-order valence-electron chi connectivity index (χ3n) is 4.53. The Kier molecular flexibility index (Phi) is 4.50. The van der Waals surface area contributed by atoms with Crippen LogP contribution in [0.15, 0.2) is 23.6 Å². The number of nitrogens with zero attached hydrogens (tertiary/aromatic N) is 1. The lowest BCUT2D eigenvalue weighted by molar-refractivity contribution is -0.122. The Bertz CT molecular complexity index is 850. The first kappa shape index (κ1) is 16.8. The molecule has 2 N–H and O–H groups in total. The molecular formula is C18H18N2O5S. The maximum absolute atomic E-state index is 12.3. The maximum atomic E-state index is 12.3. The second kappa shape index (κ2) is 6.95. The van der Waals surface area contributed by atoms with Gasteiger partial charge in [0.1, 0.15) is 13.2 Å². The van der Waals surface area contributed by atoms with Crippen LogP contribution in [0.1, 0.15) is 33.4 Å². The molecule has 2 aromatic rings. The standard InChI is InChI=1S/C18H18N2O5S/c21-17(19-4-3-16-20-13(9-26-16)18(22)23)12-8-11(12)10-1-2-14-15(7-10)25-6-5-24-14/h1-2,7,9,11-12H,3-6,8H2,(H,19,21)(H,22,23). The van der Waals surface area contributed by atoms with E-state index in [9.17, 15) is 9.59 Å². The molecule has 26 heavy (non-hydrogen) atoms. The first-order chi connectivity index (χ1) is 12.6. The van der Waals surface area contributed by atoms with Gasteiger partial charge in [-0.05, 0) is 30.0 Å². The molecule has 1 aromatic heterocycles. The molecule has 0 bridgehead atoms. The van der Waals surface area contributed by atoms with Gasteiger partial charge in [-0.3, -0.25) is 4.79 Å². The highest BCUT2D eigenvalue weighted by molar-refractivity contribution is 7.09. The van der Waals surface area contributed by atoms with Crippen LogP contribution in [0.5, 0.6) is 11.5 Å². The minimum absolute atomic E-state index is 0.0246. The zero-order valence-corrected chi connectivity index (χ0v) is 14.8. The van der Waals surface area contributed by atoms with Crippen LogP contribution >= 0.6 is 11.3 Å². The van der Waals surface area contributed by atoms with Gasteiger partial charge in [0.2, 0.25) is 5.91 Å². The lowest BCUT2D eigenvalue weighted by atomic mass is 10.1. The van der Waals surface area contributed by atoms with Crippen LogP contribution in [0.3, 0.4) is 0 Å². The van der Waals surface area contributed by atoms with Crippen molar-refractivity contribution >= 4 is 23.2 Å². The number of rotatable bonds is 6. The summed E-state index contributed by atoms with van der Waals surface area (Å²) in [7, 11) is 0. The zero-order chi connectivity index (χ0) is 18.1. The highest BCUT2D eigenvalue weighted by atomic mass is 32.1. The van der Waals surface area contributed by atoms with Crippen LogP contribution in [-0.4, -0.2) is 41.7 Å². The molecule has 1 amide bonds. The summed E-state index contributed by atoms with van der Waals surface area (Å²) in [6.45, 7) is 1.56. The second-order valence-corrected chi connectivity index (χ2v) is 7.27. The number of aromatic nitrogens is 1. The quantitative estimate of drug-likeness (QED) is 0.803. The van der Waals surface area contributed by atoms with E-state index in [1.165, 1.54) is 16.7 Å². The molecule has 1 aliphatic heterocycles. The molecule has 2 atom stereocenters. The summed E-state index contributed by atoms with van der Waals surface area (Å²) in [5.74, 6) is 0.688. The summed E-state index contributed by atoms with van der Waals surface area (Å²) >= 11 is 1.30. The van der Waals surface area contributed by atoms with Crippen molar-refractivity contribution in [3.63, 3.8) is 0 Å². The van der Waals surface area contributed by atoms with Crippen LogP contribution in [-0.2, 0) is 11.2 Å². The Morgan fingerprint density at radius 3 is 2.85 bits per heavy atom. The van der Waals surface area contributed by atoms with E-state index >= 15 is 0 Å². The average molecular weight is 374 g/mol. The molecule has 2 unspecified atom stereocenters. The van der Waals surface area contributed by atoms with Crippen LogP contribution in [0, 0.1) is 5.92 Å². The van der Waals surface area contributed by atoms with E-state index in [1.807, 2.05) is 18.2 Å². The zero-order valence-electron chi connectivity index (χ0n) is 13.9. The van der Waals surface area contributed by atoms with Crippen LogP contribution < -0.4 is 14.8 Å². The average Bonchev–Trinajstić information content (AvgIpc) is 3.31. The minimum atomic E-state index is -1.03. The van der Waals surface area contributed by atoms with Crippen LogP contribution in [0.25, 0.3) is 0 Å². The van der Waals surface area contributed by atoms with Crippen molar-refractivity contribution in [1.82, 2.24) is 10.3 Å². The van der Waals surface area contributed by atoms with Crippen molar-refractivity contribution in [2.45, 2.75) is 18.8 Å². The molecule has 7 nitrogen and oxygen atoms in total. The molecule has 1 fully saturated rings. The molecule has 0 radical (unpaired) electrons. The Labute approximate surface area is 154 Å². The molecule has 2 heterocycles. The van der Waals surface area contributed by atoms with E-state index in [4.69, 9.17) is 14.6 Å². The van der Waals surface area contributed by atoms with E-state index in [0.29, 0.717) is 31.2 Å². The van der Waals surface area contributed by atoms with Gasteiger partial charge in [0.05, 0.1) is 5.01 Å². The fourth-order valence-electron chi connectivity index (χ4n) is 3.09. The molecule has 2 aliphatic rings. The Balaban J connectivity index is 1.28. The second-order valence-electron chi connectivity index (χ2n) is 6.32. The fourth-order valence-corrected chi connectivity index (χ4v) is 3.86. The summed E-state index contributed by atoms with van der Waals surface area (Å²) in [4.78, 5) is 27.1. The van der Waals surface area contributed by atoms with Gasteiger partial charge in [0.15, 0.2) is 17.2 Å². The smallest absolute Gasteiger partial charge is 0.355 e. The number of carboxylic acid groups (broad SMARTS) is 1. The minimum Gasteiger partial charge on any atom is -0.486 e. The number of thiazole rings is 1. The summed E-state index contributed by atoms with van der Waals surface area (Å²) in [6.07, 6.45) is 1.36. The van der Waals surface area contributed by atoms with Gasteiger partial charge in [-0.15, -0.1) is 11.3 Å². The number of hydrogen-bond acceptors (Lipinski definition) is 6. The first-order valence-corrected chi connectivity index (χ1v) is 9.35. The lowest BCUT2D eigenvalue weighted by Gasteiger charge is -2.18. The van der Waals surface area contributed by atoms with Crippen LogP contribution in [0.4, 0.5) is 0 Å². The molecule has 136 valence electrons. The number of nitrogens with one attached hydrogen (secondary N) is 1. The van der Waals surface area contributed by atoms with Crippen molar-refractivity contribution in [2.24, 2.45) is 5.92 Å². The predicted octanol–water partition coefficient (Wildman–Crippen LogP) is 2.07. The van der Waals surface area contributed by atoms with Gasteiger partial charge in [-0.2, -0.15) is 0 Å². The van der Waals surface area contributed by atoms with Crippen molar-refractivity contribution in [1.29, 1.82) is 0 Å². The molecule has 0 saturated heterocycles. The summed E-state index contributed by atoms with van der Waals surface area (Å²) < 4.78 is 11.1. The lowest BCUT2D eigenvalue weighted by Crippen LogP contribution is -2.27. The number of carbonyl (C=O) groups excluding carboxylic acids is 1. The largest absolute Gasteiger partial charge is 0.486 e. The van der Waals surface area contributed by atoms with Gasteiger partial charge in [0, 0.05) is 24.3 Å². The number of fused-ring (bicyclic) bond motifs is 1. The van der Waals surface area contributed by atoms with Gasteiger partial charge < -0.3 is 19.9 Å². The van der Waals surface area contributed by atoms with E-state index in [-0.39, 0.29) is 23.4 Å². The van der Waals surface area contributed by atoms with Gasteiger partial charge in [-0.1, -0.05) is 6.07 Å².